The van der Waals surface area contributed by atoms with E-state index in [1.165, 1.54) is 82.6 Å². The van der Waals surface area contributed by atoms with Crippen molar-refractivity contribution in [3.63, 3.8) is 0 Å². The fraction of sp³-hybridized carbons (Fsp3) is 0.514. The fourth-order valence-corrected chi connectivity index (χ4v) is 24.5. The molecule has 12 aromatic rings. The number of benzene rings is 4. The van der Waals surface area contributed by atoms with E-state index in [1.807, 2.05) is 63.6 Å². The molecule has 149 heavy (non-hydrogen) atoms. The largest absolute Gasteiger partial charge is 0.481 e. The Morgan fingerprint density at radius 1 is 0.389 bits per heavy atom. The molecule has 4 amide bonds. The predicted octanol–water partition coefficient (Wildman–Crippen LogP) is 19.4. The minimum atomic E-state index is -4.53. The van der Waals surface area contributed by atoms with Gasteiger partial charge >= 0.3 is 6.18 Å². The summed E-state index contributed by atoms with van der Waals surface area (Å²) >= 11 is 0. The number of amides is 4. The quantitative estimate of drug-likeness (QED) is 0.0863. The predicted molar refractivity (Wildman–Crippen MR) is 551 cm³/mol. The van der Waals surface area contributed by atoms with Gasteiger partial charge in [-0.25, -0.2) is 22.5 Å². The molecule has 19 heterocycles. The Labute approximate surface area is 862 Å². The van der Waals surface area contributed by atoms with E-state index >= 15 is 0 Å². The van der Waals surface area contributed by atoms with Crippen LogP contribution in [0.3, 0.4) is 0 Å². The van der Waals surface area contributed by atoms with Gasteiger partial charge in [-0.05, 0) is 220 Å². The monoisotopic (exact) mass is 2050 g/mol. The summed E-state index contributed by atoms with van der Waals surface area (Å²) in [6.45, 7) is 22.4. The number of pyridine rings is 1. The molecule has 8 aromatic heterocycles. The van der Waals surface area contributed by atoms with E-state index in [0.29, 0.717) is 156 Å². The second-order valence-electron chi connectivity index (χ2n) is 41.7. The van der Waals surface area contributed by atoms with E-state index in [4.69, 9.17) is 39.3 Å². The summed E-state index contributed by atoms with van der Waals surface area (Å²) in [6, 6.07) is 19.3. The van der Waals surface area contributed by atoms with Crippen molar-refractivity contribution in [2.24, 2.45) is 21.1 Å². The number of carbonyl (C=O) groups is 4. The van der Waals surface area contributed by atoms with Crippen LogP contribution in [0.1, 0.15) is 250 Å². The summed E-state index contributed by atoms with van der Waals surface area (Å²) in [4.78, 5) is 69.3. The van der Waals surface area contributed by atoms with Crippen LogP contribution in [-0.2, 0) is 138 Å². The lowest BCUT2D eigenvalue weighted by Crippen LogP contribution is -2.36. The van der Waals surface area contributed by atoms with Gasteiger partial charge in [-0.3, -0.25) is 52.0 Å². The fourth-order valence-electron chi connectivity index (χ4n) is 24.5. The van der Waals surface area contributed by atoms with Crippen LogP contribution >= 0.6 is 0 Å². The lowest BCUT2D eigenvalue weighted by Gasteiger charge is -2.33. The maximum absolute atomic E-state index is 14.5. The molecular weight excluding hydrogens is 1920 g/mol. The summed E-state index contributed by atoms with van der Waals surface area (Å²) < 4.78 is 137. The van der Waals surface area contributed by atoms with Gasteiger partial charge in [-0.1, -0.05) is 19.3 Å². The molecule has 4 fully saturated rings. The molecule has 0 spiro atoms. The van der Waals surface area contributed by atoms with Crippen molar-refractivity contribution in [3.05, 3.63) is 193 Å². The van der Waals surface area contributed by atoms with E-state index in [2.05, 4.69) is 79.0 Å². The molecule has 0 N–H and O–H groups in total. The number of alkyl halides is 7. The van der Waals surface area contributed by atoms with E-state index in [9.17, 15) is 49.9 Å². The molecule has 31 nitrogen and oxygen atoms in total. The molecule has 24 rings (SSSR count). The summed E-state index contributed by atoms with van der Waals surface area (Å²) in [5, 5.41) is 33.4. The van der Waals surface area contributed by atoms with Gasteiger partial charge in [0.05, 0.1) is 81.6 Å². The number of anilines is 8. The number of halogens is 7. The van der Waals surface area contributed by atoms with Crippen molar-refractivity contribution in [3.8, 4) is 50.4 Å². The Bertz CT molecular complexity index is 7020. The van der Waals surface area contributed by atoms with Gasteiger partial charge in [-0.2, -0.15) is 48.9 Å². The molecule has 0 bridgehead atoms. The highest BCUT2D eigenvalue weighted by atomic mass is 19.4. The van der Waals surface area contributed by atoms with Crippen molar-refractivity contribution in [2.75, 3.05) is 119 Å². The van der Waals surface area contributed by atoms with Crippen LogP contribution < -0.4 is 24.3 Å². The molecule has 0 atom stereocenters. The topological polar surface area (TPSA) is 269 Å². The van der Waals surface area contributed by atoms with Gasteiger partial charge in [0.15, 0.2) is 23.3 Å². The van der Waals surface area contributed by atoms with Crippen LogP contribution in [0.5, 0.6) is 5.88 Å². The molecule has 38 heteroatoms. The smallest absolute Gasteiger partial charge is 0.417 e. The molecule has 1 saturated carbocycles. The normalized spacial score (nSPS) is 18.2. The van der Waals surface area contributed by atoms with Crippen LogP contribution in [0, 0.1) is 13.8 Å². The van der Waals surface area contributed by atoms with Gasteiger partial charge < -0.3 is 58.1 Å². The van der Waals surface area contributed by atoms with E-state index < -0.39 is 24.6 Å². The number of nitrogens with zero attached hydrogens (tertiary/aromatic N) is 23. The second-order valence-corrected chi connectivity index (χ2v) is 41.7. The highest BCUT2D eigenvalue weighted by Crippen LogP contribution is 2.52. The molecule has 0 radical (unpaired) electrons. The third kappa shape index (κ3) is 20.2. The third-order valence-corrected chi connectivity index (χ3v) is 32.6. The first-order valence-electron chi connectivity index (χ1n) is 53.0. The summed E-state index contributed by atoms with van der Waals surface area (Å²) in [5.41, 5.74) is 23.5. The first-order chi connectivity index (χ1) is 72.0. The van der Waals surface area contributed by atoms with Gasteiger partial charge in [0, 0.05) is 292 Å². The average Bonchev–Trinajstić information content (AvgIpc) is 1.63. The molecule has 3 saturated heterocycles. The standard InChI is InChI=1S/C29H33F2N5O3.C28H34F2N6O.C27H31F3N6O2.C27H34N6O2/c1-18(37)34-11-6-25-24(17-34)29(33-36(25)21-7-12-39-13-8-21)35-10-3-4-20-14-22(23(28(30)31)16-26(20)35)19-5-9-32-27(15-19)38-2;1-17-23(15-31-33(17)3)21-13-19-9-12-35(26(19)14-22(21)27(29)30)28-24-16-34(18(2)37)11-10-25(24)36(32-28)20-7-5-4-6-8-20;1-17(37)34-9-5-24-22(16-34)26(32-36(24)20-6-10-38-11-7-20)35-8-3-4-18-12-21(19-14-31-33(2)15-19)23(13-25(18)35)27(28,29)30;1-18-13-26-20(14-23(18)21-15-28-30(3)16-21)5-4-9-32(26)27-24-17-31(19(2)34)10-6-25(24)33(29-27)22-7-11-35-12-8-22/h5,9,14-16,21,28H,3-4,6-8,10-13,17H2,1-2H3;13-15,20,27H,4-12,16H2,1-3H3;12-15,20H,3-11,16H2,1-2H3;13-16,22H,4-12,17H2,1-3H3. The summed E-state index contributed by atoms with van der Waals surface area (Å²) in [6.07, 6.45) is 21.0. The zero-order valence-electron chi connectivity index (χ0n) is 86.7. The number of rotatable bonds is 15. The molecular formula is C111H132F7N23O8. The lowest BCUT2D eigenvalue weighted by molar-refractivity contribution is -0.137. The molecule has 1 aliphatic carbocycles. The Kier molecular flexibility index (Phi) is 29.1. The van der Waals surface area contributed by atoms with Crippen LogP contribution in [0.2, 0.25) is 0 Å². The van der Waals surface area contributed by atoms with Gasteiger partial charge in [-0.15, -0.1) is 0 Å². The maximum Gasteiger partial charge on any atom is 0.417 e. The number of methoxy groups -OCH3 is 1. The molecule has 4 aromatic carbocycles. The molecule has 11 aliphatic heterocycles. The maximum atomic E-state index is 14.5. The Morgan fingerprint density at radius 3 is 1.14 bits per heavy atom. The summed E-state index contributed by atoms with van der Waals surface area (Å²) in [5.74, 6) is 3.90. The highest BCUT2D eigenvalue weighted by molar-refractivity contribution is 5.85. The number of fused-ring (bicyclic) bond motifs is 8. The SMILES string of the molecule is CC(=O)N1CCc2c(c(N3CCCc4cc(-c5cnn(C)c5)c(C(F)(F)F)cc43)nn2C2CCOCC2)C1.CC(=O)N1CCc2c(c(N3CCCc4cc(-c5cnn(C)c5)c(C)cc43)nn2C2CCOCC2)C1.CC(=O)N1CCc2c(c(N3CCc4cc(-c5cnn(C)c5C)c(C(F)F)cc43)nn2C2CCCCC2)C1.COc1cc(-c2cc3c(cc2C(F)F)N(c2nn(C4CCOCC4)c4c2CN(C(C)=O)CC4)CCC3)ccn1. The van der Waals surface area contributed by atoms with E-state index in [0.717, 1.165) is 226 Å². The average molecular weight is 2050 g/mol. The summed E-state index contributed by atoms with van der Waals surface area (Å²) in [7, 11) is 6.99. The highest BCUT2D eigenvalue weighted by Gasteiger charge is 2.44. The Morgan fingerprint density at radius 2 is 0.758 bits per heavy atom. The van der Waals surface area contributed by atoms with Crippen molar-refractivity contribution in [1.82, 2.24) is 93.0 Å². The van der Waals surface area contributed by atoms with Gasteiger partial charge in [0.25, 0.3) is 12.9 Å². The van der Waals surface area contributed by atoms with Crippen LogP contribution in [0.15, 0.2) is 97.8 Å². The number of carbonyl (C=O) groups excluding carboxylic acids is 4. The van der Waals surface area contributed by atoms with E-state index in [-0.39, 0.29) is 52.4 Å². The Hall–Kier alpha value is -13.2. The van der Waals surface area contributed by atoms with Crippen molar-refractivity contribution < 1.29 is 68.9 Å². The van der Waals surface area contributed by atoms with Crippen molar-refractivity contribution in [2.45, 2.75) is 252 Å². The van der Waals surface area contributed by atoms with Crippen LogP contribution in [0.25, 0.3) is 44.5 Å². The van der Waals surface area contributed by atoms with E-state index in [1.54, 1.807) is 93.2 Å². The minimum Gasteiger partial charge on any atom is -0.481 e. The first kappa shape index (κ1) is 102. The zero-order valence-corrected chi connectivity index (χ0v) is 86.7. The molecule has 0 unspecified atom stereocenters. The second kappa shape index (κ2) is 42.7. The lowest BCUT2D eigenvalue weighted by atomic mass is 9.92. The number of hydrogen-bond donors (Lipinski definition) is 0. The third-order valence-electron chi connectivity index (χ3n) is 32.6. The zero-order chi connectivity index (χ0) is 104. The number of hydrogen-bond acceptors (Lipinski definition) is 20. The number of ether oxygens (including phenoxy) is 4. The molecule has 12 aliphatic rings. The number of aromatic nitrogens is 15. The first-order valence-corrected chi connectivity index (χ1v) is 53.0. The van der Waals surface area contributed by atoms with Crippen LogP contribution in [-0.4, -0.2) is 216 Å². The minimum absolute atomic E-state index is 0.0140. The Balaban J connectivity index is 0.000000116. The van der Waals surface area contributed by atoms with Gasteiger partial charge in [0.1, 0.15) is 0 Å². The van der Waals surface area contributed by atoms with Gasteiger partial charge in [0.2, 0.25) is 29.5 Å². The number of aryl methyl sites for hydroxylation is 7. The van der Waals surface area contributed by atoms with Crippen molar-refractivity contribution in [1.29, 1.82) is 0 Å². The van der Waals surface area contributed by atoms with Crippen LogP contribution in [0.4, 0.5) is 76.8 Å². The molecule has 788 valence electrons. The van der Waals surface area contributed by atoms with Crippen molar-refractivity contribution >= 4 is 69.6 Å².